The Hall–Kier alpha value is -1.04. The summed E-state index contributed by atoms with van der Waals surface area (Å²) in [5.41, 5.74) is -0.822. The lowest BCUT2D eigenvalue weighted by Crippen LogP contribution is -2.40. The molecule has 0 heterocycles. The van der Waals surface area contributed by atoms with Crippen LogP contribution in [0.25, 0.3) is 0 Å². The number of hydrogen-bond acceptors (Lipinski definition) is 2. The second kappa shape index (κ2) is 3.37. The summed E-state index contributed by atoms with van der Waals surface area (Å²) in [5.74, 6) is -0.0278. The van der Waals surface area contributed by atoms with Crippen LogP contribution in [0, 0.1) is 16.7 Å². The van der Waals surface area contributed by atoms with Crippen LogP contribution in [0.1, 0.15) is 33.1 Å². The Balaban J connectivity index is 2.69. The highest BCUT2D eigenvalue weighted by molar-refractivity contribution is 5.85. The monoisotopic (exact) mass is 180 g/mol. The average molecular weight is 180 g/mol. The van der Waals surface area contributed by atoms with Crippen molar-refractivity contribution in [3.8, 4) is 6.07 Å². The molecule has 0 aromatic carbocycles. The molecular weight excluding hydrogens is 164 g/mol. The van der Waals surface area contributed by atoms with Gasteiger partial charge >= 0.3 is 0 Å². The maximum Gasteiger partial charge on any atom is 0.242 e. The number of amides is 1. The van der Waals surface area contributed by atoms with Crippen LogP contribution in [0.5, 0.6) is 0 Å². The molecule has 1 aliphatic rings. The first kappa shape index (κ1) is 10.0. The molecule has 0 saturated heterocycles. The Morgan fingerprint density at radius 2 is 2.23 bits per heavy atom. The molecule has 0 N–H and O–H groups in total. The molecule has 1 saturated carbocycles. The molecule has 1 amide bonds. The topological polar surface area (TPSA) is 44.1 Å². The molecule has 0 aromatic rings. The second-order valence-corrected chi connectivity index (χ2v) is 3.94. The van der Waals surface area contributed by atoms with Crippen molar-refractivity contribution in [2.75, 3.05) is 7.05 Å². The van der Waals surface area contributed by atoms with E-state index in [-0.39, 0.29) is 5.91 Å². The minimum atomic E-state index is -0.822. The summed E-state index contributed by atoms with van der Waals surface area (Å²) in [4.78, 5) is 13.5. The van der Waals surface area contributed by atoms with E-state index in [1.165, 1.54) is 0 Å². The van der Waals surface area contributed by atoms with E-state index >= 15 is 0 Å². The Bertz CT molecular complexity index is 252. The molecule has 1 atom stereocenters. The lowest BCUT2D eigenvalue weighted by molar-refractivity contribution is -0.137. The zero-order chi connectivity index (χ0) is 10.1. The fraction of sp³-hybridized carbons (Fsp3) is 0.800. The van der Waals surface area contributed by atoms with Gasteiger partial charge in [-0.15, -0.1) is 0 Å². The lowest BCUT2D eigenvalue weighted by atomic mass is 9.88. The van der Waals surface area contributed by atoms with Crippen molar-refractivity contribution in [2.24, 2.45) is 5.41 Å². The highest BCUT2D eigenvalue weighted by atomic mass is 16.2. The van der Waals surface area contributed by atoms with Crippen LogP contribution < -0.4 is 0 Å². The third kappa shape index (κ3) is 1.82. The highest BCUT2D eigenvalue weighted by Gasteiger charge is 2.39. The number of nitriles is 1. The first-order chi connectivity index (χ1) is 6.05. The van der Waals surface area contributed by atoms with Gasteiger partial charge in [-0.2, -0.15) is 5.26 Å². The fourth-order valence-corrected chi connectivity index (χ4v) is 1.29. The van der Waals surface area contributed by atoms with Crippen LogP contribution in [-0.4, -0.2) is 23.9 Å². The Kier molecular flexibility index (Phi) is 2.60. The van der Waals surface area contributed by atoms with Gasteiger partial charge in [0.2, 0.25) is 5.91 Å². The van der Waals surface area contributed by atoms with Crippen molar-refractivity contribution >= 4 is 5.91 Å². The van der Waals surface area contributed by atoms with Crippen molar-refractivity contribution in [3.63, 3.8) is 0 Å². The molecule has 3 heteroatoms. The molecule has 3 nitrogen and oxygen atoms in total. The number of hydrogen-bond donors (Lipinski definition) is 0. The van der Waals surface area contributed by atoms with Gasteiger partial charge in [0.15, 0.2) is 0 Å². The Morgan fingerprint density at radius 1 is 1.69 bits per heavy atom. The third-order valence-electron chi connectivity index (χ3n) is 2.84. The molecule has 72 valence electrons. The summed E-state index contributed by atoms with van der Waals surface area (Å²) in [7, 11) is 1.80. The highest BCUT2D eigenvalue weighted by Crippen LogP contribution is 2.31. The van der Waals surface area contributed by atoms with Gasteiger partial charge in [0.1, 0.15) is 5.41 Å². The Morgan fingerprint density at radius 3 is 2.54 bits per heavy atom. The molecule has 0 radical (unpaired) electrons. The van der Waals surface area contributed by atoms with Crippen LogP contribution >= 0.6 is 0 Å². The summed E-state index contributed by atoms with van der Waals surface area (Å²) < 4.78 is 0. The molecule has 0 aromatic heterocycles. The second-order valence-electron chi connectivity index (χ2n) is 3.94. The van der Waals surface area contributed by atoms with Gasteiger partial charge in [-0.25, -0.2) is 0 Å². The van der Waals surface area contributed by atoms with Gasteiger partial charge in [-0.1, -0.05) is 6.92 Å². The average Bonchev–Trinajstić information content (AvgIpc) is 2.97. The van der Waals surface area contributed by atoms with E-state index in [1.54, 1.807) is 18.9 Å². The first-order valence-electron chi connectivity index (χ1n) is 4.73. The number of nitrogens with zero attached hydrogens (tertiary/aromatic N) is 2. The molecule has 1 fully saturated rings. The molecule has 1 unspecified atom stereocenters. The van der Waals surface area contributed by atoms with E-state index in [4.69, 9.17) is 5.26 Å². The fourth-order valence-electron chi connectivity index (χ4n) is 1.29. The van der Waals surface area contributed by atoms with Crippen LogP contribution in [0.3, 0.4) is 0 Å². The molecule has 0 bridgehead atoms. The molecule has 13 heavy (non-hydrogen) atoms. The van der Waals surface area contributed by atoms with Crippen molar-refractivity contribution in [1.29, 1.82) is 5.26 Å². The smallest absolute Gasteiger partial charge is 0.242 e. The van der Waals surface area contributed by atoms with Gasteiger partial charge < -0.3 is 4.90 Å². The summed E-state index contributed by atoms with van der Waals surface area (Å²) >= 11 is 0. The van der Waals surface area contributed by atoms with Gasteiger partial charge in [0.05, 0.1) is 6.07 Å². The molecule has 0 spiro atoms. The minimum absolute atomic E-state index is 0.0278. The maximum absolute atomic E-state index is 11.8. The van der Waals surface area contributed by atoms with Crippen LogP contribution in [0.15, 0.2) is 0 Å². The quantitative estimate of drug-likeness (QED) is 0.661. The van der Waals surface area contributed by atoms with Crippen molar-refractivity contribution in [3.05, 3.63) is 0 Å². The molecule has 1 aliphatic carbocycles. The van der Waals surface area contributed by atoms with Crippen molar-refractivity contribution in [2.45, 2.75) is 39.2 Å². The minimum Gasteiger partial charge on any atom is -0.341 e. The normalized spacial score (nSPS) is 20.2. The van der Waals surface area contributed by atoms with Crippen LogP contribution in [0.4, 0.5) is 0 Å². The van der Waals surface area contributed by atoms with Crippen molar-refractivity contribution < 1.29 is 4.79 Å². The molecule has 1 rings (SSSR count). The number of carbonyl (C=O) groups excluding carboxylic acids is 1. The van der Waals surface area contributed by atoms with E-state index in [0.717, 1.165) is 12.8 Å². The first-order valence-corrected chi connectivity index (χ1v) is 4.73. The van der Waals surface area contributed by atoms with Crippen LogP contribution in [-0.2, 0) is 4.79 Å². The SMILES string of the molecule is CCC(C)(C#N)C(=O)N(C)C1CC1. The summed E-state index contributed by atoms with van der Waals surface area (Å²) in [5, 5.41) is 8.91. The summed E-state index contributed by atoms with van der Waals surface area (Å²) in [6.45, 7) is 3.59. The zero-order valence-electron chi connectivity index (χ0n) is 8.50. The summed E-state index contributed by atoms with van der Waals surface area (Å²) in [6.07, 6.45) is 2.76. The standard InChI is InChI=1S/C10H16N2O/c1-4-10(2,7-11)9(13)12(3)8-5-6-8/h8H,4-6H2,1-3H3. The predicted molar refractivity (Wildman–Crippen MR) is 49.8 cm³/mol. The largest absolute Gasteiger partial charge is 0.341 e. The van der Waals surface area contributed by atoms with Gasteiger partial charge in [-0.3, -0.25) is 4.79 Å². The predicted octanol–water partition coefficient (Wildman–Crippen LogP) is 1.55. The molecular formula is C10H16N2O. The van der Waals surface area contributed by atoms with E-state index in [1.807, 2.05) is 6.92 Å². The van der Waals surface area contributed by atoms with Crippen molar-refractivity contribution in [1.82, 2.24) is 4.90 Å². The van der Waals surface area contributed by atoms with E-state index < -0.39 is 5.41 Å². The maximum atomic E-state index is 11.8. The molecule has 0 aliphatic heterocycles. The van der Waals surface area contributed by atoms with E-state index in [0.29, 0.717) is 12.5 Å². The van der Waals surface area contributed by atoms with Gasteiger partial charge in [0, 0.05) is 13.1 Å². The lowest BCUT2D eigenvalue weighted by Gasteiger charge is -2.25. The zero-order valence-corrected chi connectivity index (χ0v) is 8.50. The Labute approximate surface area is 79.3 Å². The van der Waals surface area contributed by atoms with Gasteiger partial charge in [-0.05, 0) is 26.2 Å². The van der Waals surface area contributed by atoms with E-state index in [9.17, 15) is 4.79 Å². The number of rotatable bonds is 3. The van der Waals surface area contributed by atoms with Gasteiger partial charge in [0.25, 0.3) is 0 Å². The number of carbonyl (C=O) groups is 1. The summed E-state index contributed by atoms with van der Waals surface area (Å²) in [6, 6.07) is 2.50. The van der Waals surface area contributed by atoms with Crippen LogP contribution in [0.2, 0.25) is 0 Å². The third-order valence-corrected chi connectivity index (χ3v) is 2.84. The van der Waals surface area contributed by atoms with E-state index in [2.05, 4.69) is 6.07 Å².